The summed E-state index contributed by atoms with van der Waals surface area (Å²) < 4.78 is 0. The molecule has 2 aromatic carbocycles. The van der Waals surface area contributed by atoms with Crippen LogP contribution in [-0.2, 0) is 0 Å². The van der Waals surface area contributed by atoms with E-state index in [0.29, 0.717) is 0 Å². The summed E-state index contributed by atoms with van der Waals surface area (Å²) in [4.78, 5) is 11.9. The van der Waals surface area contributed by atoms with Crippen molar-refractivity contribution < 1.29 is 4.79 Å². The summed E-state index contributed by atoms with van der Waals surface area (Å²) in [5.74, 6) is 0. The lowest BCUT2D eigenvalue weighted by Crippen LogP contribution is -2.32. The molecule has 3 heteroatoms. The van der Waals surface area contributed by atoms with E-state index in [1.807, 2.05) is 60.7 Å². The van der Waals surface area contributed by atoms with Gasteiger partial charge in [0.1, 0.15) is 0 Å². The second-order valence-corrected chi connectivity index (χ2v) is 4.34. The van der Waals surface area contributed by atoms with E-state index in [0.717, 1.165) is 17.7 Å². The summed E-state index contributed by atoms with van der Waals surface area (Å²) in [6, 6.07) is 19.3. The highest BCUT2D eigenvalue weighted by Gasteiger charge is 2.11. The highest BCUT2D eigenvalue weighted by atomic mass is 16.2. The molecule has 2 aromatic rings. The number of urea groups is 1. The summed E-state index contributed by atoms with van der Waals surface area (Å²) in [6.07, 6.45) is 0.853. The third kappa shape index (κ3) is 3.85. The molecule has 0 aromatic heterocycles. The second kappa shape index (κ2) is 6.59. The molecule has 2 rings (SSSR count). The Labute approximate surface area is 113 Å². The van der Waals surface area contributed by atoms with E-state index in [1.165, 1.54) is 0 Å². The minimum Gasteiger partial charge on any atom is -0.331 e. The molecule has 0 aliphatic heterocycles. The van der Waals surface area contributed by atoms with Crippen molar-refractivity contribution in [3.05, 3.63) is 66.2 Å². The Hall–Kier alpha value is -2.29. The van der Waals surface area contributed by atoms with Crippen molar-refractivity contribution in [2.75, 3.05) is 5.32 Å². The number of amides is 2. The molecule has 0 bridgehead atoms. The maximum atomic E-state index is 11.9. The average molecular weight is 254 g/mol. The van der Waals surface area contributed by atoms with Crippen LogP contribution in [0.3, 0.4) is 0 Å². The molecule has 2 amide bonds. The van der Waals surface area contributed by atoms with Crippen LogP contribution in [0.5, 0.6) is 0 Å². The van der Waals surface area contributed by atoms with E-state index in [4.69, 9.17) is 0 Å². The molecule has 2 N–H and O–H groups in total. The zero-order chi connectivity index (χ0) is 13.5. The van der Waals surface area contributed by atoms with Crippen LogP contribution in [0.25, 0.3) is 0 Å². The van der Waals surface area contributed by atoms with Crippen LogP contribution in [0.15, 0.2) is 60.7 Å². The fourth-order valence-corrected chi connectivity index (χ4v) is 1.95. The van der Waals surface area contributed by atoms with Gasteiger partial charge in [-0.25, -0.2) is 4.79 Å². The monoisotopic (exact) mass is 254 g/mol. The molecule has 0 aliphatic rings. The van der Waals surface area contributed by atoms with E-state index in [2.05, 4.69) is 17.6 Å². The van der Waals surface area contributed by atoms with Crippen molar-refractivity contribution in [2.24, 2.45) is 0 Å². The maximum Gasteiger partial charge on any atom is 0.319 e. The number of nitrogens with one attached hydrogen (secondary N) is 2. The third-order valence-corrected chi connectivity index (χ3v) is 2.95. The van der Waals surface area contributed by atoms with Gasteiger partial charge in [-0.15, -0.1) is 0 Å². The minimum absolute atomic E-state index is 0.0323. The summed E-state index contributed by atoms with van der Waals surface area (Å²) in [5.41, 5.74) is 1.91. The minimum atomic E-state index is -0.179. The highest BCUT2D eigenvalue weighted by molar-refractivity contribution is 5.89. The lowest BCUT2D eigenvalue weighted by Gasteiger charge is -2.17. The molecule has 0 aliphatic carbocycles. The summed E-state index contributed by atoms with van der Waals surface area (Å²) in [7, 11) is 0. The Bertz CT molecular complexity index is 511. The van der Waals surface area contributed by atoms with Gasteiger partial charge in [0.15, 0.2) is 0 Å². The average Bonchev–Trinajstić information content (AvgIpc) is 2.47. The van der Waals surface area contributed by atoms with Gasteiger partial charge in [-0.1, -0.05) is 55.5 Å². The lowest BCUT2D eigenvalue weighted by molar-refractivity contribution is 0.248. The van der Waals surface area contributed by atoms with Crippen LogP contribution in [0.1, 0.15) is 24.9 Å². The predicted octanol–water partition coefficient (Wildman–Crippen LogP) is 3.96. The van der Waals surface area contributed by atoms with E-state index < -0.39 is 0 Å². The molecule has 0 radical (unpaired) electrons. The molecular formula is C16H18N2O. The molecular weight excluding hydrogens is 236 g/mol. The molecule has 0 saturated carbocycles. The summed E-state index contributed by atoms with van der Waals surface area (Å²) >= 11 is 0. The van der Waals surface area contributed by atoms with Gasteiger partial charge >= 0.3 is 6.03 Å². The quantitative estimate of drug-likeness (QED) is 0.852. The SMILES string of the molecule is CCC(NC(=O)Nc1ccccc1)c1ccccc1. The van der Waals surface area contributed by atoms with Crippen molar-refractivity contribution in [3.8, 4) is 0 Å². The normalized spacial score (nSPS) is 11.6. The number of carbonyl (C=O) groups is 1. The van der Waals surface area contributed by atoms with Crippen LogP contribution >= 0.6 is 0 Å². The number of carbonyl (C=O) groups excluding carboxylic acids is 1. The summed E-state index contributed by atoms with van der Waals surface area (Å²) in [5, 5.41) is 5.81. The Balaban J connectivity index is 1.97. The molecule has 1 unspecified atom stereocenters. The van der Waals surface area contributed by atoms with Crippen LogP contribution < -0.4 is 10.6 Å². The fourth-order valence-electron chi connectivity index (χ4n) is 1.95. The van der Waals surface area contributed by atoms with Crippen LogP contribution in [0.2, 0.25) is 0 Å². The third-order valence-electron chi connectivity index (χ3n) is 2.95. The van der Waals surface area contributed by atoms with Crippen molar-refractivity contribution in [2.45, 2.75) is 19.4 Å². The molecule has 19 heavy (non-hydrogen) atoms. The molecule has 0 spiro atoms. The van der Waals surface area contributed by atoms with Crippen molar-refractivity contribution in [3.63, 3.8) is 0 Å². The zero-order valence-electron chi connectivity index (χ0n) is 11.0. The largest absolute Gasteiger partial charge is 0.331 e. The van der Waals surface area contributed by atoms with E-state index in [1.54, 1.807) is 0 Å². The van der Waals surface area contributed by atoms with Crippen molar-refractivity contribution in [1.29, 1.82) is 0 Å². The second-order valence-electron chi connectivity index (χ2n) is 4.34. The Morgan fingerprint density at radius 3 is 2.16 bits per heavy atom. The van der Waals surface area contributed by atoms with E-state index in [-0.39, 0.29) is 12.1 Å². The van der Waals surface area contributed by atoms with Gasteiger partial charge in [-0.2, -0.15) is 0 Å². The van der Waals surface area contributed by atoms with Gasteiger partial charge in [-0.05, 0) is 24.1 Å². The highest BCUT2D eigenvalue weighted by Crippen LogP contribution is 2.16. The van der Waals surface area contributed by atoms with Crippen LogP contribution in [0, 0.1) is 0 Å². The van der Waals surface area contributed by atoms with Gasteiger partial charge in [-0.3, -0.25) is 0 Å². The zero-order valence-corrected chi connectivity index (χ0v) is 11.0. The number of para-hydroxylation sites is 1. The number of anilines is 1. The van der Waals surface area contributed by atoms with Gasteiger partial charge in [0.05, 0.1) is 6.04 Å². The van der Waals surface area contributed by atoms with Crippen molar-refractivity contribution >= 4 is 11.7 Å². The number of benzene rings is 2. The fraction of sp³-hybridized carbons (Fsp3) is 0.188. The van der Waals surface area contributed by atoms with Crippen LogP contribution in [-0.4, -0.2) is 6.03 Å². The molecule has 1 atom stereocenters. The molecule has 3 nitrogen and oxygen atoms in total. The smallest absolute Gasteiger partial charge is 0.319 e. The van der Waals surface area contributed by atoms with Gasteiger partial charge in [0, 0.05) is 5.69 Å². The van der Waals surface area contributed by atoms with Crippen LogP contribution in [0.4, 0.5) is 10.5 Å². The molecule has 0 fully saturated rings. The van der Waals surface area contributed by atoms with Gasteiger partial charge < -0.3 is 10.6 Å². The first-order valence-electron chi connectivity index (χ1n) is 6.47. The topological polar surface area (TPSA) is 41.1 Å². The van der Waals surface area contributed by atoms with E-state index >= 15 is 0 Å². The Morgan fingerprint density at radius 1 is 1.00 bits per heavy atom. The molecule has 0 heterocycles. The first-order valence-corrected chi connectivity index (χ1v) is 6.47. The molecule has 98 valence electrons. The number of rotatable bonds is 4. The first-order chi connectivity index (χ1) is 9.29. The van der Waals surface area contributed by atoms with Crippen molar-refractivity contribution in [1.82, 2.24) is 5.32 Å². The number of hydrogen-bond acceptors (Lipinski definition) is 1. The lowest BCUT2D eigenvalue weighted by atomic mass is 10.1. The molecule has 0 saturated heterocycles. The van der Waals surface area contributed by atoms with Gasteiger partial charge in [0.2, 0.25) is 0 Å². The Morgan fingerprint density at radius 2 is 1.58 bits per heavy atom. The Kier molecular flexibility index (Phi) is 4.56. The predicted molar refractivity (Wildman–Crippen MR) is 78.1 cm³/mol. The van der Waals surface area contributed by atoms with Gasteiger partial charge in [0.25, 0.3) is 0 Å². The standard InChI is InChI=1S/C16H18N2O/c1-2-15(13-9-5-3-6-10-13)18-16(19)17-14-11-7-4-8-12-14/h3-12,15H,2H2,1H3,(H2,17,18,19). The maximum absolute atomic E-state index is 11.9. The first kappa shape index (κ1) is 13.1. The van der Waals surface area contributed by atoms with E-state index in [9.17, 15) is 4.79 Å². The number of hydrogen-bond donors (Lipinski definition) is 2. The summed E-state index contributed by atoms with van der Waals surface area (Å²) in [6.45, 7) is 2.06.